The monoisotopic (exact) mass is 254 g/mol. The minimum atomic E-state index is -0.788. The van der Waals surface area contributed by atoms with Crippen molar-refractivity contribution in [1.29, 1.82) is 0 Å². The van der Waals surface area contributed by atoms with Gasteiger partial charge in [0.25, 0.3) is 0 Å². The molecule has 2 heterocycles. The second-order valence-electron chi connectivity index (χ2n) is 5.62. The summed E-state index contributed by atoms with van der Waals surface area (Å²) in [6, 6.07) is 0. The van der Waals surface area contributed by atoms with Crippen LogP contribution in [0.25, 0.3) is 0 Å². The highest BCUT2D eigenvalue weighted by molar-refractivity contribution is 5.81. The van der Waals surface area contributed by atoms with E-state index >= 15 is 0 Å². The molecule has 0 saturated carbocycles. The summed E-state index contributed by atoms with van der Waals surface area (Å²) in [6.45, 7) is 5.01. The molecular weight excluding hydrogens is 232 g/mol. The Morgan fingerprint density at radius 2 is 2.17 bits per heavy atom. The Bertz CT molecular complexity index is 320. The quantitative estimate of drug-likeness (QED) is 0.769. The number of rotatable bonds is 4. The highest BCUT2D eigenvalue weighted by Crippen LogP contribution is 2.25. The normalized spacial score (nSPS) is 26.5. The van der Waals surface area contributed by atoms with Gasteiger partial charge in [0.2, 0.25) is 5.91 Å². The van der Waals surface area contributed by atoms with Crippen molar-refractivity contribution in [2.24, 2.45) is 17.8 Å². The third-order valence-electron chi connectivity index (χ3n) is 4.22. The van der Waals surface area contributed by atoms with E-state index in [0.717, 1.165) is 13.1 Å². The van der Waals surface area contributed by atoms with E-state index in [1.807, 2.05) is 0 Å². The van der Waals surface area contributed by atoms with Crippen LogP contribution in [-0.4, -0.2) is 48.1 Å². The molecule has 1 amide bonds. The number of hydrogen-bond donors (Lipinski definition) is 2. The summed E-state index contributed by atoms with van der Waals surface area (Å²) in [5, 5.41) is 12.1. The van der Waals surface area contributed by atoms with Crippen LogP contribution in [0.1, 0.15) is 26.2 Å². The van der Waals surface area contributed by atoms with E-state index in [4.69, 9.17) is 5.11 Å². The average Bonchev–Trinajstić information content (AvgIpc) is 2.27. The standard InChI is InChI=1S/C13H22N2O3/c1-9(10-3-2-4-14-6-10)5-12(16)15-7-11(8-15)13(17)18/h9-11,14H,2-8H2,1H3,(H,17,18). The van der Waals surface area contributed by atoms with Crippen LogP contribution in [0.2, 0.25) is 0 Å². The van der Waals surface area contributed by atoms with Gasteiger partial charge in [-0.2, -0.15) is 0 Å². The van der Waals surface area contributed by atoms with Crippen LogP contribution in [0.5, 0.6) is 0 Å². The van der Waals surface area contributed by atoms with Crippen molar-refractivity contribution in [3.8, 4) is 0 Å². The van der Waals surface area contributed by atoms with Crippen LogP contribution in [0.4, 0.5) is 0 Å². The molecule has 102 valence electrons. The summed E-state index contributed by atoms with van der Waals surface area (Å²) in [6.07, 6.45) is 2.94. The van der Waals surface area contributed by atoms with Gasteiger partial charge in [-0.05, 0) is 37.8 Å². The van der Waals surface area contributed by atoms with Crippen molar-refractivity contribution in [3.05, 3.63) is 0 Å². The smallest absolute Gasteiger partial charge is 0.310 e. The topological polar surface area (TPSA) is 69.6 Å². The van der Waals surface area contributed by atoms with Gasteiger partial charge in [-0.15, -0.1) is 0 Å². The lowest BCUT2D eigenvalue weighted by Gasteiger charge is -2.38. The molecule has 18 heavy (non-hydrogen) atoms. The fraction of sp³-hybridized carbons (Fsp3) is 0.846. The molecule has 0 aromatic heterocycles. The Balaban J connectivity index is 1.72. The molecule has 2 unspecified atom stereocenters. The molecule has 0 radical (unpaired) electrons. The first-order valence-corrected chi connectivity index (χ1v) is 6.79. The number of piperidine rings is 1. The molecule has 2 N–H and O–H groups in total. The SMILES string of the molecule is CC(CC(=O)N1CC(C(=O)O)C1)C1CCCNC1. The molecular formula is C13H22N2O3. The summed E-state index contributed by atoms with van der Waals surface area (Å²) in [4.78, 5) is 24.3. The Labute approximate surface area is 108 Å². The molecule has 5 heteroatoms. The lowest BCUT2D eigenvalue weighted by molar-refractivity contribution is -0.153. The number of nitrogens with one attached hydrogen (secondary N) is 1. The van der Waals surface area contributed by atoms with E-state index in [2.05, 4.69) is 12.2 Å². The number of likely N-dealkylation sites (tertiary alicyclic amines) is 1. The Morgan fingerprint density at radius 1 is 1.44 bits per heavy atom. The van der Waals surface area contributed by atoms with Crippen LogP contribution < -0.4 is 5.32 Å². The first kappa shape index (κ1) is 13.3. The fourth-order valence-corrected chi connectivity index (χ4v) is 2.77. The van der Waals surface area contributed by atoms with Gasteiger partial charge >= 0.3 is 5.97 Å². The lowest BCUT2D eigenvalue weighted by Crippen LogP contribution is -2.53. The molecule has 2 atom stereocenters. The van der Waals surface area contributed by atoms with Crippen molar-refractivity contribution in [2.75, 3.05) is 26.2 Å². The molecule has 2 saturated heterocycles. The highest BCUT2D eigenvalue weighted by atomic mass is 16.4. The van der Waals surface area contributed by atoms with Gasteiger partial charge in [-0.1, -0.05) is 6.92 Å². The van der Waals surface area contributed by atoms with Gasteiger partial charge in [-0.3, -0.25) is 9.59 Å². The first-order valence-electron chi connectivity index (χ1n) is 6.79. The largest absolute Gasteiger partial charge is 0.481 e. The molecule has 0 aromatic rings. The van der Waals surface area contributed by atoms with Gasteiger partial charge in [0.1, 0.15) is 0 Å². The molecule has 2 aliphatic heterocycles. The molecule has 2 rings (SSSR count). The maximum atomic E-state index is 12.0. The van der Waals surface area contributed by atoms with Crippen LogP contribution in [-0.2, 0) is 9.59 Å². The fourth-order valence-electron chi connectivity index (χ4n) is 2.77. The molecule has 2 aliphatic rings. The molecule has 0 spiro atoms. The third kappa shape index (κ3) is 3.02. The Kier molecular flexibility index (Phi) is 4.22. The number of nitrogens with zero attached hydrogens (tertiary/aromatic N) is 1. The number of aliphatic carboxylic acids is 1. The zero-order valence-electron chi connectivity index (χ0n) is 10.9. The predicted octanol–water partition coefficient (Wildman–Crippen LogP) is 0.555. The van der Waals surface area contributed by atoms with Gasteiger partial charge < -0.3 is 15.3 Å². The van der Waals surface area contributed by atoms with E-state index in [-0.39, 0.29) is 11.8 Å². The number of carboxylic acids is 1. The summed E-state index contributed by atoms with van der Waals surface area (Å²) >= 11 is 0. The Hall–Kier alpha value is -1.10. The summed E-state index contributed by atoms with van der Waals surface area (Å²) in [5.74, 6) is -0.0526. The molecule has 0 bridgehead atoms. The molecule has 2 fully saturated rings. The zero-order valence-corrected chi connectivity index (χ0v) is 10.9. The van der Waals surface area contributed by atoms with Crippen molar-refractivity contribution in [1.82, 2.24) is 10.2 Å². The first-order chi connectivity index (χ1) is 8.58. The number of amides is 1. The minimum Gasteiger partial charge on any atom is -0.481 e. The number of carboxylic acid groups (broad SMARTS) is 1. The van der Waals surface area contributed by atoms with Crippen LogP contribution in [0.15, 0.2) is 0 Å². The summed E-state index contributed by atoms with van der Waals surface area (Å²) < 4.78 is 0. The number of carbonyl (C=O) groups excluding carboxylic acids is 1. The van der Waals surface area contributed by atoms with Crippen molar-refractivity contribution in [2.45, 2.75) is 26.2 Å². The second-order valence-corrected chi connectivity index (χ2v) is 5.62. The van der Waals surface area contributed by atoms with Crippen molar-refractivity contribution in [3.63, 3.8) is 0 Å². The number of carbonyl (C=O) groups is 2. The average molecular weight is 254 g/mol. The maximum Gasteiger partial charge on any atom is 0.310 e. The van der Waals surface area contributed by atoms with Crippen LogP contribution in [0, 0.1) is 17.8 Å². The third-order valence-corrected chi connectivity index (χ3v) is 4.22. The van der Waals surface area contributed by atoms with E-state index < -0.39 is 5.97 Å². The molecule has 0 aliphatic carbocycles. The van der Waals surface area contributed by atoms with E-state index in [9.17, 15) is 9.59 Å². The van der Waals surface area contributed by atoms with Crippen LogP contribution in [0.3, 0.4) is 0 Å². The second kappa shape index (κ2) is 5.69. The minimum absolute atomic E-state index is 0.116. The van der Waals surface area contributed by atoms with E-state index in [0.29, 0.717) is 31.3 Å². The highest BCUT2D eigenvalue weighted by Gasteiger charge is 2.36. The van der Waals surface area contributed by atoms with E-state index in [1.54, 1.807) is 4.90 Å². The summed E-state index contributed by atoms with van der Waals surface area (Å²) in [5.41, 5.74) is 0. The summed E-state index contributed by atoms with van der Waals surface area (Å²) in [7, 11) is 0. The number of hydrogen-bond acceptors (Lipinski definition) is 3. The van der Waals surface area contributed by atoms with E-state index in [1.165, 1.54) is 12.8 Å². The van der Waals surface area contributed by atoms with Gasteiger partial charge in [0, 0.05) is 19.5 Å². The van der Waals surface area contributed by atoms with Gasteiger partial charge in [-0.25, -0.2) is 0 Å². The molecule has 0 aromatic carbocycles. The van der Waals surface area contributed by atoms with Crippen molar-refractivity contribution >= 4 is 11.9 Å². The van der Waals surface area contributed by atoms with Crippen molar-refractivity contribution < 1.29 is 14.7 Å². The van der Waals surface area contributed by atoms with Crippen LogP contribution >= 0.6 is 0 Å². The van der Waals surface area contributed by atoms with Gasteiger partial charge in [0.15, 0.2) is 0 Å². The zero-order chi connectivity index (χ0) is 13.1. The Morgan fingerprint density at radius 3 is 2.72 bits per heavy atom. The maximum absolute atomic E-state index is 12.0. The lowest BCUT2D eigenvalue weighted by atomic mass is 9.84. The molecule has 5 nitrogen and oxygen atoms in total. The predicted molar refractivity (Wildman–Crippen MR) is 67.1 cm³/mol. The van der Waals surface area contributed by atoms with Gasteiger partial charge in [0.05, 0.1) is 5.92 Å².